The zero-order valence-corrected chi connectivity index (χ0v) is 12.5. The first kappa shape index (κ1) is 15.3. The van der Waals surface area contributed by atoms with Crippen LogP contribution >= 0.6 is 0 Å². The van der Waals surface area contributed by atoms with Crippen molar-refractivity contribution in [1.29, 1.82) is 0 Å². The van der Waals surface area contributed by atoms with E-state index in [1.165, 1.54) is 0 Å². The van der Waals surface area contributed by atoms with Crippen LogP contribution in [-0.4, -0.2) is 27.3 Å². The van der Waals surface area contributed by atoms with Crippen LogP contribution in [0.5, 0.6) is 0 Å². The first-order chi connectivity index (χ1) is 10.1. The molecule has 0 aliphatic heterocycles. The Morgan fingerprint density at radius 3 is 2.48 bits per heavy atom. The molecule has 0 aliphatic rings. The van der Waals surface area contributed by atoms with Crippen molar-refractivity contribution < 1.29 is 9.90 Å². The third-order valence-corrected chi connectivity index (χ3v) is 3.34. The molecule has 5 heteroatoms. The molecule has 0 fully saturated rings. The molecule has 0 atom stereocenters. The Morgan fingerprint density at radius 2 is 1.90 bits per heavy atom. The highest BCUT2D eigenvalue weighted by atomic mass is 16.3. The van der Waals surface area contributed by atoms with Crippen LogP contribution in [0.1, 0.15) is 22.5 Å². The van der Waals surface area contributed by atoms with Gasteiger partial charge in [0.15, 0.2) is 0 Å². The Kier molecular flexibility index (Phi) is 5.11. The summed E-state index contributed by atoms with van der Waals surface area (Å²) in [6, 6.07) is 9.69. The van der Waals surface area contributed by atoms with Crippen LogP contribution in [0.25, 0.3) is 0 Å². The number of hydrogen-bond donors (Lipinski definition) is 2. The molecule has 2 N–H and O–H groups in total. The van der Waals surface area contributed by atoms with Gasteiger partial charge in [0.05, 0.1) is 12.3 Å². The number of carbonyl (C=O) groups is 1. The minimum atomic E-state index is -0.0341. The first-order valence-corrected chi connectivity index (χ1v) is 7.05. The lowest BCUT2D eigenvalue weighted by Gasteiger charge is -2.07. The lowest BCUT2D eigenvalue weighted by Crippen LogP contribution is -2.30. The highest BCUT2D eigenvalue weighted by Crippen LogP contribution is 2.05. The van der Waals surface area contributed by atoms with Crippen LogP contribution in [-0.2, 0) is 24.4 Å². The number of carbonyl (C=O) groups excluding carboxylic acids is 1. The molecule has 1 heterocycles. The Balaban J connectivity index is 1.77. The molecule has 112 valence electrons. The molecule has 0 saturated heterocycles. The predicted molar refractivity (Wildman–Crippen MR) is 80.8 cm³/mol. The number of aliphatic hydroxyl groups is 1. The first-order valence-electron chi connectivity index (χ1n) is 7.05. The van der Waals surface area contributed by atoms with Crippen LogP contribution < -0.4 is 5.32 Å². The summed E-state index contributed by atoms with van der Waals surface area (Å²) in [5.74, 6) is -0.0341. The van der Waals surface area contributed by atoms with E-state index in [-0.39, 0.29) is 19.1 Å². The van der Waals surface area contributed by atoms with E-state index in [0.717, 1.165) is 28.9 Å². The summed E-state index contributed by atoms with van der Waals surface area (Å²) in [6.45, 7) is 4.76. The molecular formula is C16H21N3O2. The van der Waals surface area contributed by atoms with Gasteiger partial charge >= 0.3 is 0 Å². The smallest absolute Gasteiger partial charge is 0.241 e. The van der Waals surface area contributed by atoms with Crippen molar-refractivity contribution in [2.24, 2.45) is 0 Å². The third-order valence-electron chi connectivity index (χ3n) is 3.34. The van der Waals surface area contributed by atoms with Gasteiger partial charge in [-0.05, 0) is 37.5 Å². The average molecular weight is 287 g/mol. The molecule has 1 amide bonds. The maximum atomic E-state index is 11.9. The third kappa shape index (κ3) is 4.43. The SMILES string of the molecule is Cc1cc(C)n(CC(=O)NCCc2ccc(CO)cc2)n1. The molecular weight excluding hydrogens is 266 g/mol. The standard InChI is InChI=1S/C16H21N3O2/c1-12-9-13(2)19(18-12)10-16(21)17-8-7-14-3-5-15(11-20)6-4-14/h3-6,9,20H,7-8,10-11H2,1-2H3,(H,17,21). The van der Waals surface area contributed by atoms with Gasteiger partial charge in [0.2, 0.25) is 5.91 Å². The Bertz CT molecular complexity index is 602. The van der Waals surface area contributed by atoms with Crippen LogP contribution in [0.15, 0.2) is 30.3 Å². The monoisotopic (exact) mass is 287 g/mol. The van der Waals surface area contributed by atoms with E-state index in [9.17, 15) is 4.79 Å². The van der Waals surface area contributed by atoms with Crippen molar-refractivity contribution in [3.8, 4) is 0 Å². The fraction of sp³-hybridized carbons (Fsp3) is 0.375. The quantitative estimate of drug-likeness (QED) is 0.843. The molecule has 0 radical (unpaired) electrons. The van der Waals surface area contributed by atoms with Gasteiger partial charge in [0, 0.05) is 12.2 Å². The van der Waals surface area contributed by atoms with E-state index in [4.69, 9.17) is 5.11 Å². The molecule has 0 spiro atoms. The second-order valence-electron chi connectivity index (χ2n) is 5.16. The summed E-state index contributed by atoms with van der Waals surface area (Å²) in [4.78, 5) is 11.9. The van der Waals surface area contributed by atoms with Crippen molar-refractivity contribution in [3.05, 3.63) is 52.8 Å². The Morgan fingerprint density at radius 1 is 1.24 bits per heavy atom. The van der Waals surface area contributed by atoms with E-state index in [1.807, 2.05) is 44.2 Å². The highest BCUT2D eigenvalue weighted by molar-refractivity contribution is 5.75. The topological polar surface area (TPSA) is 67.2 Å². The lowest BCUT2D eigenvalue weighted by molar-refractivity contribution is -0.121. The van der Waals surface area contributed by atoms with Gasteiger partial charge in [-0.2, -0.15) is 5.10 Å². The molecule has 0 bridgehead atoms. The van der Waals surface area contributed by atoms with Crippen molar-refractivity contribution >= 4 is 5.91 Å². The average Bonchev–Trinajstić information content (AvgIpc) is 2.77. The van der Waals surface area contributed by atoms with Crippen LogP contribution in [0.4, 0.5) is 0 Å². The van der Waals surface area contributed by atoms with E-state index < -0.39 is 0 Å². The normalized spacial score (nSPS) is 10.6. The number of aromatic nitrogens is 2. The summed E-state index contributed by atoms with van der Waals surface area (Å²) in [7, 11) is 0. The number of amides is 1. The van der Waals surface area contributed by atoms with E-state index >= 15 is 0 Å². The Hall–Kier alpha value is -2.14. The van der Waals surface area contributed by atoms with Crippen LogP contribution in [0, 0.1) is 13.8 Å². The molecule has 0 unspecified atom stereocenters. The predicted octanol–water partition coefficient (Wildman–Crippen LogP) is 1.35. The number of benzene rings is 1. The number of aliphatic hydroxyl groups excluding tert-OH is 1. The van der Waals surface area contributed by atoms with Gasteiger partial charge in [-0.25, -0.2) is 0 Å². The minimum absolute atomic E-state index is 0.0341. The summed E-state index contributed by atoms with van der Waals surface area (Å²) in [5.41, 5.74) is 3.94. The lowest BCUT2D eigenvalue weighted by atomic mass is 10.1. The largest absolute Gasteiger partial charge is 0.392 e. The van der Waals surface area contributed by atoms with Gasteiger partial charge in [-0.3, -0.25) is 9.48 Å². The second kappa shape index (κ2) is 7.04. The molecule has 0 aliphatic carbocycles. The number of rotatable bonds is 6. The Labute approximate surface area is 124 Å². The summed E-state index contributed by atoms with van der Waals surface area (Å²) in [5, 5.41) is 16.1. The molecule has 1 aromatic carbocycles. The fourth-order valence-corrected chi connectivity index (χ4v) is 2.18. The molecule has 5 nitrogen and oxygen atoms in total. The van der Waals surface area contributed by atoms with Gasteiger partial charge in [-0.1, -0.05) is 24.3 Å². The number of nitrogens with zero attached hydrogens (tertiary/aromatic N) is 2. The zero-order chi connectivity index (χ0) is 15.2. The molecule has 2 rings (SSSR count). The van der Waals surface area contributed by atoms with E-state index in [0.29, 0.717) is 6.54 Å². The van der Waals surface area contributed by atoms with E-state index in [1.54, 1.807) is 4.68 Å². The van der Waals surface area contributed by atoms with Crippen molar-refractivity contribution in [1.82, 2.24) is 15.1 Å². The molecule has 0 saturated carbocycles. The van der Waals surface area contributed by atoms with Crippen LogP contribution in [0.3, 0.4) is 0 Å². The fourth-order valence-electron chi connectivity index (χ4n) is 2.18. The molecule has 1 aromatic heterocycles. The molecule has 2 aromatic rings. The van der Waals surface area contributed by atoms with Gasteiger partial charge in [0.1, 0.15) is 6.54 Å². The van der Waals surface area contributed by atoms with Crippen LogP contribution in [0.2, 0.25) is 0 Å². The summed E-state index contributed by atoms with van der Waals surface area (Å²) >= 11 is 0. The zero-order valence-electron chi connectivity index (χ0n) is 12.5. The maximum absolute atomic E-state index is 11.9. The summed E-state index contributed by atoms with van der Waals surface area (Å²) in [6.07, 6.45) is 0.772. The molecule has 21 heavy (non-hydrogen) atoms. The number of hydrogen-bond acceptors (Lipinski definition) is 3. The number of nitrogens with one attached hydrogen (secondary N) is 1. The van der Waals surface area contributed by atoms with Gasteiger partial charge in [-0.15, -0.1) is 0 Å². The van der Waals surface area contributed by atoms with E-state index in [2.05, 4.69) is 10.4 Å². The van der Waals surface area contributed by atoms with Crippen molar-refractivity contribution in [2.45, 2.75) is 33.4 Å². The highest BCUT2D eigenvalue weighted by Gasteiger charge is 2.06. The van der Waals surface area contributed by atoms with Gasteiger partial charge < -0.3 is 10.4 Å². The van der Waals surface area contributed by atoms with Crippen molar-refractivity contribution in [3.63, 3.8) is 0 Å². The van der Waals surface area contributed by atoms with Crippen molar-refractivity contribution in [2.75, 3.05) is 6.54 Å². The maximum Gasteiger partial charge on any atom is 0.241 e. The summed E-state index contributed by atoms with van der Waals surface area (Å²) < 4.78 is 1.71. The number of aryl methyl sites for hydroxylation is 2. The van der Waals surface area contributed by atoms with Gasteiger partial charge in [0.25, 0.3) is 0 Å². The second-order valence-corrected chi connectivity index (χ2v) is 5.16. The minimum Gasteiger partial charge on any atom is -0.392 e.